The SMILES string of the molecule is CCCOCc1ccccc1CN=C(NCC)NCc1nc(C(C)C)cs1.I. The number of ether oxygens (including phenoxy) is 1. The lowest BCUT2D eigenvalue weighted by atomic mass is 10.1. The van der Waals surface area contributed by atoms with Crippen LogP contribution in [0.5, 0.6) is 0 Å². The lowest BCUT2D eigenvalue weighted by molar-refractivity contribution is 0.121. The van der Waals surface area contributed by atoms with E-state index in [-0.39, 0.29) is 24.0 Å². The molecule has 7 heteroatoms. The lowest BCUT2D eigenvalue weighted by Gasteiger charge is -2.12. The highest BCUT2D eigenvalue weighted by atomic mass is 127. The second-order valence-corrected chi connectivity index (χ2v) is 7.63. The molecule has 0 saturated heterocycles. The lowest BCUT2D eigenvalue weighted by Crippen LogP contribution is -2.36. The van der Waals surface area contributed by atoms with Crippen LogP contribution in [0.1, 0.15) is 61.9 Å². The number of rotatable bonds is 10. The van der Waals surface area contributed by atoms with E-state index >= 15 is 0 Å². The summed E-state index contributed by atoms with van der Waals surface area (Å²) in [4.78, 5) is 9.42. The zero-order chi connectivity index (χ0) is 19.5. The van der Waals surface area contributed by atoms with Gasteiger partial charge in [-0.25, -0.2) is 9.98 Å². The Balaban J connectivity index is 0.00000392. The number of nitrogens with zero attached hydrogens (tertiary/aromatic N) is 2. The van der Waals surface area contributed by atoms with Gasteiger partial charge in [0.2, 0.25) is 0 Å². The molecule has 0 fully saturated rings. The molecule has 156 valence electrons. The fourth-order valence-electron chi connectivity index (χ4n) is 2.52. The summed E-state index contributed by atoms with van der Waals surface area (Å²) in [7, 11) is 0. The predicted molar refractivity (Wildman–Crippen MR) is 130 cm³/mol. The first-order valence-corrected chi connectivity index (χ1v) is 10.6. The molecule has 0 amide bonds. The van der Waals surface area contributed by atoms with Crippen molar-refractivity contribution in [2.24, 2.45) is 4.99 Å². The van der Waals surface area contributed by atoms with E-state index in [9.17, 15) is 0 Å². The maximum Gasteiger partial charge on any atom is 0.191 e. The molecule has 0 aliphatic rings. The standard InChI is InChI=1S/C21H32N4OS.HI/c1-5-11-26-14-18-10-8-7-9-17(18)12-23-21(22-6-2)24-13-20-25-19(15-27-20)16(3)4;/h7-10,15-16H,5-6,11-14H2,1-4H3,(H2,22,23,24);1H. The number of guanidine groups is 1. The Morgan fingerprint density at radius 3 is 2.57 bits per heavy atom. The molecule has 0 atom stereocenters. The van der Waals surface area contributed by atoms with Gasteiger partial charge in [-0.15, -0.1) is 35.3 Å². The molecule has 0 aliphatic carbocycles. The third-order valence-electron chi connectivity index (χ3n) is 4.04. The first-order chi connectivity index (χ1) is 13.1. The maximum atomic E-state index is 5.70. The summed E-state index contributed by atoms with van der Waals surface area (Å²) < 4.78 is 5.70. The third kappa shape index (κ3) is 8.45. The van der Waals surface area contributed by atoms with Gasteiger partial charge in [-0.3, -0.25) is 0 Å². The largest absolute Gasteiger partial charge is 0.377 e. The van der Waals surface area contributed by atoms with E-state index < -0.39 is 0 Å². The van der Waals surface area contributed by atoms with Crippen molar-refractivity contribution < 1.29 is 4.74 Å². The van der Waals surface area contributed by atoms with Crippen LogP contribution in [0, 0.1) is 0 Å². The third-order valence-corrected chi connectivity index (χ3v) is 4.91. The molecule has 1 heterocycles. The predicted octanol–water partition coefficient (Wildman–Crippen LogP) is 5.07. The molecule has 0 unspecified atom stereocenters. The highest BCUT2D eigenvalue weighted by Crippen LogP contribution is 2.17. The zero-order valence-corrected chi connectivity index (χ0v) is 20.5. The number of nitrogens with one attached hydrogen (secondary N) is 2. The van der Waals surface area contributed by atoms with Gasteiger partial charge in [0.15, 0.2) is 5.96 Å². The van der Waals surface area contributed by atoms with Gasteiger partial charge in [0.1, 0.15) is 5.01 Å². The molecule has 5 nitrogen and oxygen atoms in total. The number of aromatic nitrogens is 1. The number of hydrogen-bond donors (Lipinski definition) is 2. The van der Waals surface area contributed by atoms with Crippen molar-refractivity contribution in [3.05, 3.63) is 51.5 Å². The summed E-state index contributed by atoms with van der Waals surface area (Å²) in [6, 6.07) is 8.34. The Morgan fingerprint density at radius 1 is 1.18 bits per heavy atom. The minimum Gasteiger partial charge on any atom is -0.377 e. The zero-order valence-electron chi connectivity index (χ0n) is 17.3. The van der Waals surface area contributed by atoms with Gasteiger partial charge in [0, 0.05) is 18.5 Å². The summed E-state index contributed by atoms with van der Waals surface area (Å²) >= 11 is 1.69. The minimum absolute atomic E-state index is 0. The Hall–Kier alpha value is -1.19. The second-order valence-electron chi connectivity index (χ2n) is 6.69. The quantitative estimate of drug-likeness (QED) is 0.201. The van der Waals surface area contributed by atoms with Crippen LogP contribution >= 0.6 is 35.3 Å². The number of benzene rings is 1. The number of halogens is 1. The van der Waals surface area contributed by atoms with Crippen LogP contribution in [0.3, 0.4) is 0 Å². The fourth-order valence-corrected chi connectivity index (χ4v) is 3.41. The monoisotopic (exact) mass is 516 g/mol. The molecule has 28 heavy (non-hydrogen) atoms. The topological polar surface area (TPSA) is 58.5 Å². The van der Waals surface area contributed by atoms with Gasteiger partial charge in [-0.2, -0.15) is 0 Å². The van der Waals surface area contributed by atoms with Crippen molar-refractivity contribution >= 4 is 41.3 Å². The molecule has 0 bridgehead atoms. The number of aliphatic imine (C=N–C) groups is 1. The van der Waals surface area contributed by atoms with Crippen LogP contribution < -0.4 is 10.6 Å². The van der Waals surface area contributed by atoms with E-state index in [0.717, 1.165) is 36.2 Å². The first kappa shape index (κ1) is 24.8. The number of hydrogen-bond acceptors (Lipinski definition) is 4. The van der Waals surface area contributed by atoms with Crippen molar-refractivity contribution in [1.82, 2.24) is 15.6 Å². The summed E-state index contributed by atoms with van der Waals surface area (Å²) in [5.41, 5.74) is 3.55. The summed E-state index contributed by atoms with van der Waals surface area (Å²) in [5.74, 6) is 1.27. The molecule has 1 aromatic heterocycles. The first-order valence-electron chi connectivity index (χ1n) is 9.75. The van der Waals surface area contributed by atoms with Gasteiger partial charge >= 0.3 is 0 Å². The Morgan fingerprint density at radius 2 is 1.93 bits per heavy atom. The molecule has 2 rings (SSSR count). The fraction of sp³-hybridized carbons (Fsp3) is 0.524. The Bertz CT molecular complexity index is 718. The van der Waals surface area contributed by atoms with Crippen LogP contribution in [0.15, 0.2) is 34.6 Å². The smallest absolute Gasteiger partial charge is 0.191 e. The molecule has 2 N–H and O–H groups in total. The molecule has 2 aromatic rings. The number of thiazole rings is 1. The molecule has 0 spiro atoms. The van der Waals surface area contributed by atoms with Gasteiger partial charge in [0.05, 0.1) is 25.4 Å². The maximum absolute atomic E-state index is 5.70. The highest BCUT2D eigenvalue weighted by Gasteiger charge is 2.07. The molecule has 0 radical (unpaired) electrons. The van der Waals surface area contributed by atoms with E-state index in [0.29, 0.717) is 25.6 Å². The Labute approximate surface area is 190 Å². The van der Waals surface area contributed by atoms with Gasteiger partial charge in [-0.1, -0.05) is 45.0 Å². The van der Waals surface area contributed by atoms with Crippen molar-refractivity contribution in [1.29, 1.82) is 0 Å². The van der Waals surface area contributed by atoms with E-state index in [1.165, 1.54) is 11.1 Å². The van der Waals surface area contributed by atoms with Crippen LogP contribution in [-0.2, 0) is 24.4 Å². The van der Waals surface area contributed by atoms with Gasteiger partial charge in [0.25, 0.3) is 0 Å². The van der Waals surface area contributed by atoms with Gasteiger partial charge < -0.3 is 15.4 Å². The van der Waals surface area contributed by atoms with Crippen LogP contribution in [-0.4, -0.2) is 24.1 Å². The normalized spacial score (nSPS) is 11.4. The van der Waals surface area contributed by atoms with Crippen molar-refractivity contribution in [3.8, 4) is 0 Å². The van der Waals surface area contributed by atoms with Crippen molar-refractivity contribution in [2.45, 2.75) is 59.7 Å². The molecule has 0 aliphatic heterocycles. The summed E-state index contributed by atoms with van der Waals surface area (Å²) in [6.45, 7) is 12.1. The molecular weight excluding hydrogens is 483 g/mol. The Kier molecular flexibility index (Phi) is 12.3. The average molecular weight is 516 g/mol. The summed E-state index contributed by atoms with van der Waals surface area (Å²) in [5, 5.41) is 9.91. The van der Waals surface area contributed by atoms with Gasteiger partial charge in [-0.05, 0) is 30.4 Å². The second kappa shape index (κ2) is 13.9. The van der Waals surface area contributed by atoms with E-state index in [1.54, 1.807) is 11.3 Å². The highest BCUT2D eigenvalue weighted by molar-refractivity contribution is 14.0. The van der Waals surface area contributed by atoms with E-state index in [2.05, 4.69) is 73.0 Å². The van der Waals surface area contributed by atoms with Crippen LogP contribution in [0.4, 0.5) is 0 Å². The van der Waals surface area contributed by atoms with Crippen molar-refractivity contribution in [3.63, 3.8) is 0 Å². The molecular formula is C21H33IN4OS. The van der Waals surface area contributed by atoms with Crippen LogP contribution in [0.25, 0.3) is 0 Å². The molecule has 0 saturated carbocycles. The van der Waals surface area contributed by atoms with Crippen LogP contribution in [0.2, 0.25) is 0 Å². The summed E-state index contributed by atoms with van der Waals surface area (Å²) in [6.07, 6.45) is 1.03. The average Bonchev–Trinajstić information content (AvgIpc) is 3.14. The minimum atomic E-state index is 0. The molecule has 1 aromatic carbocycles. The van der Waals surface area contributed by atoms with Crippen molar-refractivity contribution in [2.75, 3.05) is 13.2 Å². The van der Waals surface area contributed by atoms with E-state index in [4.69, 9.17) is 9.73 Å². The van der Waals surface area contributed by atoms with E-state index in [1.807, 2.05) is 0 Å².